The number of rotatable bonds is 6. The highest BCUT2D eigenvalue weighted by atomic mass is 32.2. The Kier molecular flexibility index (Phi) is 4.98. The highest BCUT2D eigenvalue weighted by molar-refractivity contribution is 7.89. The number of fused-ring (bicyclic) bond motifs is 1. The Morgan fingerprint density at radius 2 is 1.75 bits per heavy atom. The van der Waals surface area contributed by atoms with Crippen molar-refractivity contribution in [3.05, 3.63) is 96.4 Å². The molecule has 0 spiro atoms. The lowest BCUT2D eigenvalue weighted by molar-refractivity contribution is 0.337. The van der Waals surface area contributed by atoms with Crippen molar-refractivity contribution in [2.75, 3.05) is 0 Å². The largest absolute Gasteiger partial charge is 0.361 e. The number of benzene rings is 2. The Labute approximate surface area is 164 Å². The van der Waals surface area contributed by atoms with Gasteiger partial charge in [0.25, 0.3) is 0 Å². The number of pyridine rings is 1. The first kappa shape index (κ1) is 18.4. The maximum atomic E-state index is 13.5. The number of aromatic amines is 1. The lowest BCUT2D eigenvalue weighted by Gasteiger charge is -2.28. The zero-order valence-corrected chi connectivity index (χ0v) is 16.3. The van der Waals surface area contributed by atoms with Gasteiger partial charge >= 0.3 is 0 Å². The number of sulfonamides is 1. The summed E-state index contributed by atoms with van der Waals surface area (Å²) in [6, 6.07) is 20.4. The molecule has 0 fully saturated rings. The van der Waals surface area contributed by atoms with Crippen LogP contribution < -0.4 is 0 Å². The highest BCUT2D eigenvalue weighted by Crippen LogP contribution is 2.33. The second kappa shape index (κ2) is 7.58. The van der Waals surface area contributed by atoms with E-state index in [4.69, 9.17) is 0 Å². The third-order valence-corrected chi connectivity index (χ3v) is 6.83. The average molecular weight is 391 g/mol. The fraction of sp³-hybridized carbons (Fsp3) is 0.136. The zero-order valence-electron chi connectivity index (χ0n) is 15.5. The van der Waals surface area contributed by atoms with Crippen LogP contribution in [0.1, 0.15) is 24.1 Å². The molecule has 142 valence electrons. The molecule has 0 amide bonds. The number of hydrogen-bond donors (Lipinski definition) is 1. The Morgan fingerprint density at radius 1 is 1.00 bits per heavy atom. The van der Waals surface area contributed by atoms with Crippen LogP contribution in [0.3, 0.4) is 0 Å². The first-order valence-corrected chi connectivity index (χ1v) is 10.5. The minimum Gasteiger partial charge on any atom is -0.361 e. The van der Waals surface area contributed by atoms with Gasteiger partial charge in [0, 0.05) is 42.1 Å². The van der Waals surface area contributed by atoms with E-state index in [2.05, 4.69) is 9.97 Å². The molecule has 28 heavy (non-hydrogen) atoms. The van der Waals surface area contributed by atoms with E-state index in [-0.39, 0.29) is 17.5 Å². The minimum atomic E-state index is -3.74. The van der Waals surface area contributed by atoms with Crippen molar-refractivity contribution in [2.45, 2.75) is 24.4 Å². The molecule has 2 aromatic heterocycles. The van der Waals surface area contributed by atoms with E-state index in [1.807, 2.05) is 67.7 Å². The van der Waals surface area contributed by atoms with Gasteiger partial charge in [0.1, 0.15) is 4.90 Å². The lowest BCUT2D eigenvalue weighted by atomic mass is 10.1. The van der Waals surface area contributed by atoms with E-state index in [0.717, 1.165) is 22.0 Å². The molecule has 0 aliphatic heterocycles. The molecule has 1 atom stereocenters. The van der Waals surface area contributed by atoms with E-state index in [0.29, 0.717) is 0 Å². The van der Waals surface area contributed by atoms with Crippen molar-refractivity contribution in [1.82, 2.24) is 14.3 Å². The topological polar surface area (TPSA) is 66.1 Å². The molecule has 0 saturated heterocycles. The van der Waals surface area contributed by atoms with Crippen LogP contribution in [0.15, 0.2) is 90.2 Å². The molecule has 5 nitrogen and oxygen atoms in total. The average Bonchev–Trinajstić information content (AvgIpc) is 3.17. The number of H-pyrrole nitrogens is 1. The van der Waals surface area contributed by atoms with E-state index in [9.17, 15) is 8.42 Å². The van der Waals surface area contributed by atoms with Crippen molar-refractivity contribution >= 4 is 20.9 Å². The van der Waals surface area contributed by atoms with E-state index >= 15 is 0 Å². The van der Waals surface area contributed by atoms with Crippen LogP contribution in [0.25, 0.3) is 10.9 Å². The number of aromatic nitrogens is 2. The monoisotopic (exact) mass is 391 g/mol. The summed E-state index contributed by atoms with van der Waals surface area (Å²) in [4.78, 5) is 7.44. The van der Waals surface area contributed by atoms with Crippen molar-refractivity contribution in [1.29, 1.82) is 0 Å². The van der Waals surface area contributed by atoms with Crippen LogP contribution in [0.2, 0.25) is 0 Å². The highest BCUT2D eigenvalue weighted by Gasteiger charge is 2.31. The van der Waals surface area contributed by atoms with Crippen LogP contribution in [-0.4, -0.2) is 22.7 Å². The van der Waals surface area contributed by atoms with Crippen LogP contribution in [0, 0.1) is 0 Å². The van der Waals surface area contributed by atoms with E-state index < -0.39 is 10.0 Å². The smallest absolute Gasteiger partial charge is 0.245 e. The van der Waals surface area contributed by atoms with Gasteiger partial charge in [-0.1, -0.05) is 48.5 Å². The summed E-state index contributed by atoms with van der Waals surface area (Å²) in [6.07, 6.45) is 4.87. The first-order chi connectivity index (χ1) is 13.6. The fourth-order valence-electron chi connectivity index (χ4n) is 3.42. The van der Waals surface area contributed by atoms with Crippen LogP contribution in [0.4, 0.5) is 0 Å². The third-order valence-electron chi connectivity index (χ3n) is 4.93. The summed E-state index contributed by atoms with van der Waals surface area (Å²) < 4.78 is 28.5. The van der Waals surface area contributed by atoms with Crippen LogP contribution >= 0.6 is 0 Å². The van der Waals surface area contributed by atoms with Gasteiger partial charge < -0.3 is 4.98 Å². The SMILES string of the molecule is CC(c1c[nH]c2ccccc12)N(Cc1ccccc1)S(=O)(=O)c1cccnc1. The lowest BCUT2D eigenvalue weighted by Crippen LogP contribution is -2.33. The van der Waals surface area contributed by atoms with Gasteiger partial charge in [0.15, 0.2) is 0 Å². The van der Waals surface area contributed by atoms with Crippen LogP contribution in [0.5, 0.6) is 0 Å². The number of nitrogens with zero attached hydrogens (tertiary/aromatic N) is 2. The van der Waals surface area contributed by atoms with Gasteiger partial charge in [-0.2, -0.15) is 4.31 Å². The quantitative estimate of drug-likeness (QED) is 0.526. The second-order valence-electron chi connectivity index (χ2n) is 6.69. The van der Waals surface area contributed by atoms with Gasteiger partial charge in [0.05, 0.1) is 0 Å². The molecular formula is C22H21N3O2S. The summed E-state index contributed by atoms with van der Waals surface area (Å²) in [6.45, 7) is 2.20. The molecule has 1 N–H and O–H groups in total. The van der Waals surface area contributed by atoms with Crippen molar-refractivity contribution in [3.63, 3.8) is 0 Å². The maximum absolute atomic E-state index is 13.5. The normalized spacial score (nSPS) is 13.1. The fourth-order valence-corrected chi connectivity index (χ4v) is 4.99. The van der Waals surface area contributed by atoms with Gasteiger partial charge in [-0.05, 0) is 36.2 Å². The predicted molar refractivity (Wildman–Crippen MR) is 110 cm³/mol. The molecule has 2 aromatic carbocycles. The molecule has 4 rings (SSSR count). The molecular weight excluding hydrogens is 370 g/mol. The van der Waals surface area contributed by atoms with Crippen LogP contribution in [-0.2, 0) is 16.6 Å². The first-order valence-electron chi connectivity index (χ1n) is 9.09. The Bertz CT molecular complexity index is 1170. The maximum Gasteiger partial charge on any atom is 0.245 e. The molecule has 1 unspecified atom stereocenters. The molecule has 0 saturated carbocycles. The summed E-state index contributed by atoms with van der Waals surface area (Å²) in [7, 11) is -3.74. The predicted octanol–water partition coefficient (Wildman–Crippen LogP) is 4.52. The minimum absolute atomic E-state index is 0.192. The second-order valence-corrected chi connectivity index (χ2v) is 8.58. The van der Waals surface area contributed by atoms with Gasteiger partial charge in [-0.25, -0.2) is 8.42 Å². The summed E-state index contributed by atoms with van der Waals surface area (Å²) in [5.74, 6) is 0. The number of para-hydroxylation sites is 1. The summed E-state index contributed by atoms with van der Waals surface area (Å²) in [5.41, 5.74) is 2.86. The summed E-state index contributed by atoms with van der Waals surface area (Å²) >= 11 is 0. The van der Waals surface area contributed by atoms with Crippen molar-refractivity contribution < 1.29 is 8.42 Å². The molecule has 4 aromatic rings. The molecule has 0 bridgehead atoms. The van der Waals surface area contributed by atoms with E-state index in [1.165, 1.54) is 10.5 Å². The number of hydrogen-bond acceptors (Lipinski definition) is 3. The van der Waals surface area contributed by atoms with Gasteiger partial charge in [-0.15, -0.1) is 0 Å². The zero-order chi connectivity index (χ0) is 19.6. The Balaban J connectivity index is 1.80. The molecule has 0 aliphatic carbocycles. The van der Waals surface area contributed by atoms with Gasteiger partial charge in [-0.3, -0.25) is 4.98 Å². The molecule has 6 heteroatoms. The number of nitrogens with one attached hydrogen (secondary N) is 1. The van der Waals surface area contributed by atoms with E-state index in [1.54, 1.807) is 18.3 Å². The Morgan fingerprint density at radius 3 is 2.50 bits per heavy atom. The van der Waals surface area contributed by atoms with Crippen molar-refractivity contribution in [3.8, 4) is 0 Å². The summed E-state index contributed by atoms with van der Waals surface area (Å²) in [5, 5.41) is 1.02. The standard InChI is InChI=1S/C22H21N3O2S/c1-17(21-15-24-22-12-6-5-11-20(21)22)25(16-18-8-3-2-4-9-18)28(26,27)19-10-7-13-23-14-19/h2-15,17,24H,16H2,1H3. The molecule has 0 radical (unpaired) electrons. The van der Waals surface area contributed by atoms with Gasteiger partial charge in [0.2, 0.25) is 10.0 Å². The van der Waals surface area contributed by atoms with Crippen molar-refractivity contribution in [2.24, 2.45) is 0 Å². The third kappa shape index (κ3) is 3.44. The Hall–Kier alpha value is -2.96. The molecule has 2 heterocycles. The molecule has 0 aliphatic rings.